The van der Waals surface area contributed by atoms with Crippen LogP contribution >= 0.6 is 0 Å². The second-order valence-electron chi connectivity index (χ2n) is 6.61. The number of pyridine rings is 2. The molecule has 2 aromatic heterocycles. The number of rotatable bonds is 4. The van der Waals surface area contributed by atoms with Crippen LogP contribution in [0.2, 0.25) is 0 Å². The van der Waals surface area contributed by atoms with E-state index in [1.54, 1.807) is 24.5 Å². The molecule has 0 N–H and O–H groups in total. The van der Waals surface area contributed by atoms with Crippen molar-refractivity contribution in [2.75, 3.05) is 6.54 Å². The smallest absolute Gasteiger partial charge is 0.254 e. The SMILES string of the molecule is O=C(c1ccncc1)N1CCCC1c1cccc(Cc2ccccc2)n1. The van der Waals surface area contributed by atoms with E-state index in [1.807, 2.05) is 35.2 Å². The Labute approximate surface area is 153 Å². The molecule has 130 valence electrons. The number of carbonyl (C=O) groups is 1. The molecule has 1 amide bonds. The molecule has 4 nitrogen and oxygen atoms in total. The maximum absolute atomic E-state index is 12.9. The predicted octanol–water partition coefficient (Wildman–Crippen LogP) is 4.04. The summed E-state index contributed by atoms with van der Waals surface area (Å²) in [4.78, 5) is 23.7. The van der Waals surface area contributed by atoms with E-state index in [4.69, 9.17) is 4.98 Å². The minimum atomic E-state index is 0.0476. The van der Waals surface area contributed by atoms with Crippen molar-refractivity contribution in [1.82, 2.24) is 14.9 Å². The van der Waals surface area contributed by atoms with Gasteiger partial charge in [0, 0.05) is 36.6 Å². The van der Waals surface area contributed by atoms with Crippen LogP contribution in [0.15, 0.2) is 73.1 Å². The monoisotopic (exact) mass is 343 g/mol. The number of hydrogen-bond acceptors (Lipinski definition) is 3. The van der Waals surface area contributed by atoms with Gasteiger partial charge in [-0.15, -0.1) is 0 Å². The largest absolute Gasteiger partial charge is 0.330 e. The van der Waals surface area contributed by atoms with E-state index in [1.165, 1.54) is 5.56 Å². The first kappa shape index (κ1) is 16.5. The lowest BCUT2D eigenvalue weighted by Gasteiger charge is -2.24. The zero-order valence-electron chi connectivity index (χ0n) is 14.6. The summed E-state index contributed by atoms with van der Waals surface area (Å²) < 4.78 is 0. The third-order valence-corrected chi connectivity index (χ3v) is 4.84. The fraction of sp³-hybridized carbons (Fsp3) is 0.227. The second kappa shape index (κ2) is 7.48. The Hall–Kier alpha value is -3.01. The Morgan fingerprint density at radius 1 is 1.00 bits per heavy atom. The van der Waals surface area contributed by atoms with Crippen molar-refractivity contribution in [2.24, 2.45) is 0 Å². The number of carbonyl (C=O) groups excluding carboxylic acids is 1. The third kappa shape index (κ3) is 3.49. The van der Waals surface area contributed by atoms with Crippen molar-refractivity contribution in [1.29, 1.82) is 0 Å². The number of likely N-dealkylation sites (tertiary alicyclic amines) is 1. The van der Waals surface area contributed by atoms with Crippen molar-refractivity contribution in [3.63, 3.8) is 0 Å². The van der Waals surface area contributed by atoms with Gasteiger partial charge in [-0.2, -0.15) is 0 Å². The summed E-state index contributed by atoms with van der Waals surface area (Å²) >= 11 is 0. The zero-order chi connectivity index (χ0) is 17.8. The average Bonchev–Trinajstić information content (AvgIpc) is 3.19. The number of aromatic nitrogens is 2. The molecule has 1 atom stereocenters. The maximum Gasteiger partial charge on any atom is 0.254 e. The van der Waals surface area contributed by atoms with Gasteiger partial charge in [-0.1, -0.05) is 36.4 Å². The fourth-order valence-corrected chi connectivity index (χ4v) is 3.56. The average molecular weight is 343 g/mol. The minimum Gasteiger partial charge on any atom is -0.330 e. The molecule has 4 rings (SSSR count). The normalized spacial score (nSPS) is 16.6. The number of nitrogens with zero attached hydrogens (tertiary/aromatic N) is 3. The van der Waals surface area contributed by atoms with Crippen molar-refractivity contribution in [3.8, 4) is 0 Å². The van der Waals surface area contributed by atoms with Crippen LogP contribution in [0.1, 0.15) is 46.2 Å². The molecule has 0 saturated carbocycles. The van der Waals surface area contributed by atoms with Gasteiger partial charge >= 0.3 is 0 Å². The highest BCUT2D eigenvalue weighted by Gasteiger charge is 2.31. The molecular weight excluding hydrogens is 322 g/mol. The van der Waals surface area contributed by atoms with Crippen LogP contribution in [0.3, 0.4) is 0 Å². The molecule has 1 aliphatic rings. The lowest BCUT2D eigenvalue weighted by Crippen LogP contribution is -2.31. The number of benzene rings is 1. The van der Waals surface area contributed by atoms with E-state index in [2.05, 4.69) is 23.2 Å². The number of hydrogen-bond donors (Lipinski definition) is 0. The quantitative estimate of drug-likeness (QED) is 0.718. The van der Waals surface area contributed by atoms with Crippen molar-refractivity contribution in [3.05, 3.63) is 95.6 Å². The lowest BCUT2D eigenvalue weighted by atomic mass is 10.1. The molecule has 1 aliphatic heterocycles. The first-order chi connectivity index (χ1) is 12.8. The Bertz CT molecular complexity index is 880. The first-order valence-electron chi connectivity index (χ1n) is 9.02. The maximum atomic E-state index is 12.9. The van der Waals surface area contributed by atoms with E-state index < -0.39 is 0 Å². The molecule has 3 aromatic rings. The molecule has 0 spiro atoms. The summed E-state index contributed by atoms with van der Waals surface area (Å²) in [6, 6.07) is 20.1. The molecule has 1 saturated heterocycles. The van der Waals surface area contributed by atoms with E-state index >= 15 is 0 Å². The van der Waals surface area contributed by atoms with E-state index in [0.717, 1.165) is 37.2 Å². The standard InChI is InChI=1S/C22H21N3O/c26-22(18-11-13-23-14-12-18)25-15-5-10-21(25)20-9-4-8-19(24-20)16-17-6-2-1-3-7-17/h1-4,6-9,11-14,21H,5,10,15-16H2. The summed E-state index contributed by atoms with van der Waals surface area (Å²) in [5.74, 6) is 0.0603. The van der Waals surface area contributed by atoms with E-state index in [9.17, 15) is 4.79 Å². The van der Waals surface area contributed by atoms with Gasteiger partial charge in [-0.25, -0.2) is 0 Å². The predicted molar refractivity (Wildman–Crippen MR) is 101 cm³/mol. The van der Waals surface area contributed by atoms with Crippen LogP contribution in [0.25, 0.3) is 0 Å². The Morgan fingerprint density at radius 3 is 2.62 bits per heavy atom. The van der Waals surface area contributed by atoms with E-state index in [0.29, 0.717) is 5.56 Å². The van der Waals surface area contributed by atoms with Crippen molar-refractivity contribution in [2.45, 2.75) is 25.3 Å². The van der Waals surface area contributed by atoms with Crippen LogP contribution < -0.4 is 0 Å². The van der Waals surface area contributed by atoms with Gasteiger partial charge in [0.2, 0.25) is 0 Å². The molecule has 0 bridgehead atoms. The summed E-state index contributed by atoms with van der Waals surface area (Å²) in [7, 11) is 0. The topological polar surface area (TPSA) is 46.1 Å². The molecule has 1 fully saturated rings. The highest BCUT2D eigenvalue weighted by atomic mass is 16.2. The lowest BCUT2D eigenvalue weighted by molar-refractivity contribution is 0.0732. The van der Waals surface area contributed by atoms with Crippen LogP contribution in [0, 0.1) is 0 Å². The van der Waals surface area contributed by atoms with E-state index in [-0.39, 0.29) is 11.9 Å². The molecular formula is C22H21N3O. The summed E-state index contributed by atoms with van der Waals surface area (Å²) in [6.45, 7) is 0.774. The molecule has 0 radical (unpaired) electrons. The minimum absolute atomic E-state index is 0.0476. The van der Waals surface area contributed by atoms with Gasteiger partial charge in [-0.05, 0) is 42.7 Å². The highest BCUT2D eigenvalue weighted by molar-refractivity contribution is 5.94. The molecule has 3 heterocycles. The van der Waals surface area contributed by atoms with Gasteiger partial charge in [0.15, 0.2) is 0 Å². The molecule has 1 unspecified atom stereocenters. The third-order valence-electron chi connectivity index (χ3n) is 4.84. The van der Waals surface area contributed by atoms with Crippen LogP contribution in [-0.2, 0) is 6.42 Å². The Morgan fingerprint density at radius 2 is 1.81 bits per heavy atom. The van der Waals surface area contributed by atoms with Gasteiger partial charge in [-0.3, -0.25) is 14.8 Å². The summed E-state index contributed by atoms with van der Waals surface area (Å²) in [5.41, 5.74) is 3.95. The van der Waals surface area contributed by atoms with Crippen molar-refractivity contribution >= 4 is 5.91 Å². The second-order valence-corrected chi connectivity index (χ2v) is 6.61. The molecule has 26 heavy (non-hydrogen) atoms. The summed E-state index contributed by atoms with van der Waals surface area (Å²) in [5, 5.41) is 0. The van der Waals surface area contributed by atoms with Gasteiger partial charge < -0.3 is 4.90 Å². The van der Waals surface area contributed by atoms with Gasteiger partial charge in [0.1, 0.15) is 0 Å². The fourth-order valence-electron chi connectivity index (χ4n) is 3.56. The van der Waals surface area contributed by atoms with Crippen molar-refractivity contribution < 1.29 is 4.79 Å². The zero-order valence-corrected chi connectivity index (χ0v) is 14.6. The number of amides is 1. The van der Waals surface area contributed by atoms with Crippen LogP contribution in [-0.4, -0.2) is 27.3 Å². The first-order valence-corrected chi connectivity index (χ1v) is 9.02. The highest BCUT2D eigenvalue weighted by Crippen LogP contribution is 2.32. The van der Waals surface area contributed by atoms with Crippen LogP contribution in [0.5, 0.6) is 0 Å². The summed E-state index contributed by atoms with van der Waals surface area (Å²) in [6.07, 6.45) is 6.10. The molecule has 0 aliphatic carbocycles. The van der Waals surface area contributed by atoms with Gasteiger partial charge in [0.05, 0.1) is 11.7 Å². The molecule has 1 aromatic carbocycles. The van der Waals surface area contributed by atoms with Gasteiger partial charge in [0.25, 0.3) is 5.91 Å². The Kier molecular flexibility index (Phi) is 4.73. The van der Waals surface area contributed by atoms with Crippen LogP contribution in [0.4, 0.5) is 0 Å². The Balaban J connectivity index is 1.56. The molecule has 4 heteroatoms.